The number of ether oxygens (including phenoxy) is 1. The number of hydrogen-bond donors (Lipinski definition) is 1. The van der Waals surface area contributed by atoms with Crippen LogP contribution in [0.3, 0.4) is 0 Å². The Kier molecular flexibility index (Phi) is 21.0. The van der Waals surface area contributed by atoms with Crippen LogP contribution < -0.4 is 0 Å². The van der Waals surface area contributed by atoms with Gasteiger partial charge in [-0.3, -0.25) is 4.79 Å². The van der Waals surface area contributed by atoms with Crippen molar-refractivity contribution in [2.75, 3.05) is 0 Å². The zero-order valence-electron chi connectivity index (χ0n) is 13.9. The van der Waals surface area contributed by atoms with Crippen LogP contribution in [0.1, 0.15) is 67.7 Å². The largest absolute Gasteiger partial charge is 0.463 e. The van der Waals surface area contributed by atoms with Gasteiger partial charge in [-0.1, -0.05) is 40.2 Å². The molecule has 0 aliphatic rings. The predicted octanol–water partition coefficient (Wildman–Crippen LogP) is 4.34. The van der Waals surface area contributed by atoms with Gasteiger partial charge in [0.2, 0.25) is 0 Å². The maximum absolute atomic E-state index is 10.2. The minimum absolute atomic E-state index is 0.0764. The molecule has 3 unspecified atom stereocenters. The molecule has 0 aromatic carbocycles. The van der Waals surface area contributed by atoms with Crippen molar-refractivity contribution in [2.45, 2.75) is 79.9 Å². The van der Waals surface area contributed by atoms with Gasteiger partial charge in [0.1, 0.15) is 0 Å². The topological polar surface area (TPSA) is 46.5 Å². The van der Waals surface area contributed by atoms with Gasteiger partial charge in [0, 0.05) is 6.92 Å². The summed E-state index contributed by atoms with van der Waals surface area (Å²) < 4.78 is 4.76. The van der Waals surface area contributed by atoms with Gasteiger partial charge in [0.15, 0.2) is 0 Å². The first kappa shape index (κ1) is 23.3. The average molecular weight is 274 g/mol. The SMILES string of the molecule is C=CC(C)CC.CCC(C)O.CCC(C)OC(C)=O. The molecule has 0 aromatic heterocycles. The summed E-state index contributed by atoms with van der Waals surface area (Å²) >= 11 is 0. The van der Waals surface area contributed by atoms with E-state index in [1.165, 1.54) is 13.3 Å². The molecule has 0 heterocycles. The first-order valence-corrected chi connectivity index (χ1v) is 7.22. The third-order valence-corrected chi connectivity index (χ3v) is 2.58. The van der Waals surface area contributed by atoms with Crippen LogP contribution in [0.5, 0.6) is 0 Å². The van der Waals surface area contributed by atoms with Crippen molar-refractivity contribution < 1.29 is 14.6 Å². The zero-order valence-corrected chi connectivity index (χ0v) is 13.9. The Morgan fingerprint density at radius 2 is 1.58 bits per heavy atom. The highest BCUT2D eigenvalue weighted by molar-refractivity contribution is 5.66. The fraction of sp³-hybridized carbons (Fsp3) is 0.812. The van der Waals surface area contributed by atoms with Crippen LogP contribution in [0.2, 0.25) is 0 Å². The van der Waals surface area contributed by atoms with E-state index in [1.807, 2.05) is 26.8 Å². The second kappa shape index (κ2) is 17.2. The van der Waals surface area contributed by atoms with Gasteiger partial charge >= 0.3 is 5.97 Å². The molecule has 0 amide bonds. The molecule has 0 bridgehead atoms. The van der Waals surface area contributed by atoms with Crippen molar-refractivity contribution in [3.05, 3.63) is 12.7 Å². The Balaban J connectivity index is -0.000000209. The van der Waals surface area contributed by atoms with Crippen molar-refractivity contribution in [2.24, 2.45) is 5.92 Å². The minimum Gasteiger partial charge on any atom is -0.463 e. The zero-order chi connectivity index (χ0) is 15.8. The quantitative estimate of drug-likeness (QED) is 0.599. The molecule has 3 nitrogen and oxygen atoms in total. The van der Waals surface area contributed by atoms with Crippen molar-refractivity contribution in [1.82, 2.24) is 0 Å². The van der Waals surface area contributed by atoms with E-state index in [0.29, 0.717) is 5.92 Å². The van der Waals surface area contributed by atoms with Crippen LogP contribution >= 0.6 is 0 Å². The Bertz CT molecular complexity index is 200. The maximum atomic E-state index is 10.2. The number of rotatable bonds is 5. The Morgan fingerprint density at radius 3 is 1.63 bits per heavy atom. The molecular formula is C16H34O3. The first-order valence-electron chi connectivity index (χ1n) is 7.22. The van der Waals surface area contributed by atoms with Crippen LogP contribution in [0, 0.1) is 5.92 Å². The Morgan fingerprint density at radius 1 is 1.16 bits per heavy atom. The number of hydrogen-bond acceptors (Lipinski definition) is 3. The molecule has 0 aromatic rings. The molecule has 0 aliphatic heterocycles. The molecule has 116 valence electrons. The number of carbonyl (C=O) groups is 1. The summed E-state index contributed by atoms with van der Waals surface area (Å²) in [5.74, 6) is 0.504. The van der Waals surface area contributed by atoms with Gasteiger partial charge in [0.05, 0.1) is 12.2 Å². The van der Waals surface area contributed by atoms with Gasteiger partial charge < -0.3 is 9.84 Å². The molecule has 0 fully saturated rings. The standard InChI is InChI=1S/C6H12O2.C6H12.C4H10O/c1-4-5(2)8-6(3)7;1-4-6(3)5-2;1-3-4(2)5/h5H,4H2,1-3H3;4,6H,1,5H2,2-3H3;4-5H,3H2,1-2H3. The predicted molar refractivity (Wildman–Crippen MR) is 83.1 cm³/mol. The van der Waals surface area contributed by atoms with Crippen molar-refractivity contribution >= 4 is 5.97 Å². The first-order chi connectivity index (χ1) is 8.74. The van der Waals surface area contributed by atoms with E-state index in [9.17, 15) is 4.79 Å². The van der Waals surface area contributed by atoms with Gasteiger partial charge in [0.25, 0.3) is 0 Å². The minimum atomic E-state index is -0.195. The van der Waals surface area contributed by atoms with E-state index in [-0.39, 0.29) is 18.2 Å². The Labute approximate surface area is 120 Å². The van der Waals surface area contributed by atoms with E-state index >= 15 is 0 Å². The highest BCUT2D eigenvalue weighted by atomic mass is 16.5. The molecule has 0 saturated heterocycles. The number of allylic oxidation sites excluding steroid dienone is 1. The van der Waals surface area contributed by atoms with E-state index in [1.54, 1.807) is 6.92 Å². The number of carbonyl (C=O) groups excluding carboxylic acids is 1. The number of esters is 1. The fourth-order valence-electron chi connectivity index (χ4n) is 0.533. The summed E-state index contributed by atoms with van der Waals surface area (Å²) in [6.07, 6.45) is 4.89. The second-order valence-electron chi connectivity index (χ2n) is 4.71. The third kappa shape index (κ3) is 31.7. The van der Waals surface area contributed by atoms with Crippen LogP contribution in [0.15, 0.2) is 12.7 Å². The van der Waals surface area contributed by atoms with Crippen molar-refractivity contribution in [1.29, 1.82) is 0 Å². The van der Waals surface area contributed by atoms with Gasteiger partial charge in [-0.2, -0.15) is 0 Å². The fourth-order valence-corrected chi connectivity index (χ4v) is 0.533. The molecule has 0 saturated carbocycles. The smallest absolute Gasteiger partial charge is 0.302 e. The van der Waals surface area contributed by atoms with E-state index < -0.39 is 0 Å². The second-order valence-corrected chi connectivity index (χ2v) is 4.71. The number of aliphatic hydroxyl groups is 1. The van der Waals surface area contributed by atoms with Crippen LogP contribution in [-0.2, 0) is 9.53 Å². The lowest BCUT2D eigenvalue weighted by molar-refractivity contribution is -0.145. The van der Waals surface area contributed by atoms with Gasteiger partial charge in [-0.25, -0.2) is 0 Å². The summed E-state index contributed by atoms with van der Waals surface area (Å²) in [6.45, 7) is 17.0. The lowest BCUT2D eigenvalue weighted by Gasteiger charge is -2.06. The third-order valence-electron chi connectivity index (χ3n) is 2.58. The molecule has 0 spiro atoms. The van der Waals surface area contributed by atoms with Crippen molar-refractivity contribution in [3.8, 4) is 0 Å². The summed E-state index contributed by atoms with van der Waals surface area (Å²) in [4.78, 5) is 10.2. The molecule has 0 rings (SSSR count). The van der Waals surface area contributed by atoms with Gasteiger partial charge in [-0.15, -0.1) is 6.58 Å². The molecule has 1 N–H and O–H groups in total. The summed E-state index contributed by atoms with van der Waals surface area (Å²) in [5.41, 5.74) is 0. The van der Waals surface area contributed by atoms with E-state index in [4.69, 9.17) is 9.84 Å². The molecule has 19 heavy (non-hydrogen) atoms. The summed E-state index contributed by atoms with van der Waals surface area (Å²) in [6, 6.07) is 0. The molecule has 0 aliphatic carbocycles. The Hall–Kier alpha value is -0.830. The van der Waals surface area contributed by atoms with Gasteiger partial charge in [-0.05, 0) is 32.6 Å². The van der Waals surface area contributed by atoms with Crippen LogP contribution in [0.4, 0.5) is 0 Å². The van der Waals surface area contributed by atoms with E-state index in [0.717, 1.165) is 12.8 Å². The lowest BCUT2D eigenvalue weighted by Crippen LogP contribution is -2.09. The monoisotopic (exact) mass is 274 g/mol. The molecule has 3 atom stereocenters. The number of aliphatic hydroxyl groups excluding tert-OH is 1. The lowest BCUT2D eigenvalue weighted by atomic mass is 10.1. The molecule has 3 heteroatoms. The summed E-state index contributed by atoms with van der Waals surface area (Å²) in [5, 5.41) is 8.36. The highest BCUT2D eigenvalue weighted by Gasteiger charge is 1.99. The highest BCUT2D eigenvalue weighted by Crippen LogP contribution is 1.98. The van der Waals surface area contributed by atoms with Crippen molar-refractivity contribution in [3.63, 3.8) is 0 Å². The average Bonchev–Trinajstić information content (AvgIpc) is 2.38. The molecular weight excluding hydrogens is 240 g/mol. The maximum Gasteiger partial charge on any atom is 0.302 e. The van der Waals surface area contributed by atoms with Crippen LogP contribution in [-0.4, -0.2) is 23.3 Å². The van der Waals surface area contributed by atoms with Crippen LogP contribution in [0.25, 0.3) is 0 Å². The van der Waals surface area contributed by atoms with E-state index in [2.05, 4.69) is 20.4 Å². The normalized spacial score (nSPS) is 13.7. The summed E-state index contributed by atoms with van der Waals surface area (Å²) in [7, 11) is 0. The molecule has 0 radical (unpaired) electrons.